The van der Waals surface area contributed by atoms with E-state index in [2.05, 4.69) is 0 Å². The van der Waals surface area contributed by atoms with Gasteiger partial charge in [0.25, 0.3) is 5.91 Å². The van der Waals surface area contributed by atoms with Crippen LogP contribution >= 0.6 is 0 Å². The van der Waals surface area contributed by atoms with E-state index in [1.165, 1.54) is 4.90 Å². The molecule has 1 aliphatic heterocycles. The zero-order valence-electron chi connectivity index (χ0n) is 16.5. The summed E-state index contributed by atoms with van der Waals surface area (Å²) >= 11 is 0. The first-order valence-corrected chi connectivity index (χ1v) is 9.47. The molecule has 0 spiro atoms. The van der Waals surface area contributed by atoms with Gasteiger partial charge in [-0.1, -0.05) is 30.3 Å². The van der Waals surface area contributed by atoms with Gasteiger partial charge in [0, 0.05) is 24.9 Å². The molecule has 1 saturated heterocycles. The molecule has 0 aromatic heterocycles. The number of carbonyl (C=O) groups excluding carboxylic acids is 2. The van der Waals surface area contributed by atoms with Crippen molar-refractivity contribution < 1.29 is 35.9 Å². The zero-order chi connectivity index (χ0) is 23.0. The predicted octanol–water partition coefficient (Wildman–Crippen LogP) is 5.53. The average Bonchev–Trinajstić information content (AvgIpc) is 2.66. The number of hydrogen-bond acceptors (Lipinski definition) is 2. The molecule has 166 valence electrons. The normalized spacial score (nSPS) is 20.1. The lowest BCUT2D eigenvalue weighted by Crippen LogP contribution is -2.56. The molecule has 0 aliphatic carbocycles. The summed E-state index contributed by atoms with van der Waals surface area (Å²) in [6.07, 6.45) is -9.93. The Morgan fingerprint density at radius 3 is 2.03 bits per heavy atom. The zero-order valence-corrected chi connectivity index (χ0v) is 16.5. The standard InChI is InChI=1S/C22H19F6NO2/c1-20(12-14-5-3-2-4-6-14)13-18(30)7-8-29(20)19(31)15-9-16(21(23,24)25)11-17(10-15)22(26,27)28/h2-6,9-11H,7-8,12-13H2,1H3. The van der Waals surface area contributed by atoms with Crippen LogP contribution in [0.5, 0.6) is 0 Å². The molecule has 3 rings (SSSR count). The summed E-state index contributed by atoms with van der Waals surface area (Å²) in [6.45, 7) is 1.53. The Morgan fingerprint density at radius 2 is 1.52 bits per heavy atom. The maximum atomic E-state index is 13.2. The molecule has 1 amide bonds. The van der Waals surface area contributed by atoms with Crippen molar-refractivity contribution in [3.05, 3.63) is 70.8 Å². The van der Waals surface area contributed by atoms with Crippen molar-refractivity contribution in [2.45, 2.75) is 44.1 Å². The molecule has 1 unspecified atom stereocenters. The monoisotopic (exact) mass is 443 g/mol. The Labute approximate surface area is 174 Å². The van der Waals surface area contributed by atoms with E-state index >= 15 is 0 Å². The molecule has 2 aromatic rings. The third kappa shape index (κ3) is 5.08. The number of piperidine rings is 1. The molecule has 0 N–H and O–H groups in total. The molecule has 1 aliphatic rings. The number of benzene rings is 2. The summed E-state index contributed by atoms with van der Waals surface area (Å²) in [4.78, 5) is 26.5. The van der Waals surface area contributed by atoms with Crippen molar-refractivity contribution >= 4 is 11.7 Å². The molecule has 3 nitrogen and oxygen atoms in total. The summed E-state index contributed by atoms with van der Waals surface area (Å²) in [5, 5.41) is 0. The molecule has 1 heterocycles. The van der Waals surface area contributed by atoms with E-state index in [4.69, 9.17) is 0 Å². The van der Waals surface area contributed by atoms with Crippen molar-refractivity contribution in [1.82, 2.24) is 4.90 Å². The molecular weight excluding hydrogens is 424 g/mol. The minimum atomic E-state index is -5.05. The van der Waals surface area contributed by atoms with Crippen LogP contribution in [0.15, 0.2) is 48.5 Å². The van der Waals surface area contributed by atoms with Crippen LogP contribution < -0.4 is 0 Å². The van der Waals surface area contributed by atoms with Gasteiger partial charge in [-0.25, -0.2) is 0 Å². The largest absolute Gasteiger partial charge is 0.416 e. The third-order valence-corrected chi connectivity index (χ3v) is 5.35. The second-order valence-electron chi connectivity index (χ2n) is 7.88. The Bertz CT molecular complexity index is 951. The van der Waals surface area contributed by atoms with Gasteiger partial charge in [-0.15, -0.1) is 0 Å². The van der Waals surface area contributed by atoms with Gasteiger partial charge in [-0.05, 0) is 37.1 Å². The maximum absolute atomic E-state index is 13.2. The average molecular weight is 443 g/mol. The number of amides is 1. The third-order valence-electron chi connectivity index (χ3n) is 5.35. The number of Topliss-reactive ketones (excluding diaryl/α,β-unsaturated/α-hetero) is 1. The first-order chi connectivity index (χ1) is 14.3. The summed E-state index contributed by atoms with van der Waals surface area (Å²) < 4.78 is 79.2. The Hall–Kier alpha value is -2.84. The van der Waals surface area contributed by atoms with Crippen molar-refractivity contribution in [3.63, 3.8) is 0 Å². The minimum Gasteiger partial charge on any atom is -0.332 e. The quantitative estimate of drug-likeness (QED) is 0.585. The van der Waals surface area contributed by atoms with Crippen molar-refractivity contribution in [2.24, 2.45) is 0 Å². The Morgan fingerprint density at radius 1 is 0.968 bits per heavy atom. The lowest BCUT2D eigenvalue weighted by Gasteiger charge is -2.44. The van der Waals surface area contributed by atoms with E-state index < -0.39 is 40.5 Å². The topological polar surface area (TPSA) is 37.4 Å². The van der Waals surface area contributed by atoms with Gasteiger partial charge >= 0.3 is 12.4 Å². The first kappa shape index (κ1) is 22.8. The minimum absolute atomic E-state index is 0.0127. The van der Waals surface area contributed by atoms with Gasteiger partial charge in [0.1, 0.15) is 5.78 Å². The number of halogens is 6. The van der Waals surface area contributed by atoms with E-state index in [9.17, 15) is 35.9 Å². The highest BCUT2D eigenvalue weighted by molar-refractivity contribution is 5.96. The van der Waals surface area contributed by atoms with E-state index in [1.807, 2.05) is 0 Å². The highest BCUT2D eigenvalue weighted by Crippen LogP contribution is 2.38. The van der Waals surface area contributed by atoms with E-state index in [1.54, 1.807) is 37.3 Å². The van der Waals surface area contributed by atoms with Crippen molar-refractivity contribution in [1.29, 1.82) is 0 Å². The molecule has 1 fully saturated rings. The number of rotatable bonds is 3. The Kier molecular flexibility index (Phi) is 5.90. The summed E-state index contributed by atoms with van der Waals surface area (Å²) in [6, 6.07) is 9.70. The second kappa shape index (κ2) is 8.01. The highest BCUT2D eigenvalue weighted by Gasteiger charge is 2.43. The molecule has 0 bridgehead atoms. The van der Waals surface area contributed by atoms with Gasteiger partial charge in [0.2, 0.25) is 0 Å². The van der Waals surface area contributed by atoms with Crippen LogP contribution in [-0.2, 0) is 23.6 Å². The summed E-state index contributed by atoms with van der Waals surface area (Å²) in [5.74, 6) is -1.09. The predicted molar refractivity (Wildman–Crippen MR) is 100 cm³/mol. The van der Waals surface area contributed by atoms with Gasteiger partial charge in [-0.2, -0.15) is 26.3 Å². The Balaban J connectivity index is 2.04. The summed E-state index contributed by atoms with van der Waals surface area (Å²) in [7, 11) is 0. The van der Waals surface area contributed by atoms with E-state index in [0.717, 1.165) is 5.56 Å². The van der Waals surface area contributed by atoms with Crippen LogP contribution in [0, 0.1) is 0 Å². The molecule has 0 saturated carbocycles. The van der Waals surface area contributed by atoms with Crippen LogP contribution in [0.1, 0.15) is 46.8 Å². The second-order valence-corrected chi connectivity index (χ2v) is 7.88. The number of ketones is 1. The van der Waals surface area contributed by atoms with E-state index in [-0.39, 0.29) is 37.7 Å². The number of hydrogen-bond donors (Lipinski definition) is 0. The fraction of sp³-hybridized carbons (Fsp3) is 0.364. The van der Waals surface area contributed by atoms with Gasteiger partial charge < -0.3 is 4.90 Å². The molecule has 0 radical (unpaired) electrons. The number of nitrogens with zero attached hydrogens (tertiary/aromatic N) is 1. The van der Waals surface area contributed by atoms with Gasteiger partial charge in [-0.3, -0.25) is 9.59 Å². The highest BCUT2D eigenvalue weighted by atomic mass is 19.4. The number of alkyl halides is 6. The number of likely N-dealkylation sites (tertiary alicyclic amines) is 1. The van der Waals surface area contributed by atoms with E-state index in [0.29, 0.717) is 12.1 Å². The lowest BCUT2D eigenvalue weighted by atomic mass is 9.81. The molecule has 1 atom stereocenters. The van der Waals surface area contributed by atoms with Crippen LogP contribution in [0.25, 0.3) is 0 Å². The molecule has 31 heavy (non-hydrogen) atoms. The van der Waals surface area contributed by atoms with Crippen molar-refractivity contribution in [2.75, 3.05) is 6.54 Å². The van der Waals surface area contributed by atoms with Gasteiger partial charge in [0.15, 0.2) is 0 Å². The molecule has 9 heteroatoms. The SMILES string of the molecule is CC1(Cc2ccccc2)CC(=O)CCN1C(=O)c1cc(C(F)(F)F)cc(C(F)(F)F)c1. The van der Waals surface area contributed by atoms with Crippen LogP contribution in [0.4, 0.5) is 26.3 Å². The lowest BCUT2D eigenvalue weighted by molar-refractivity contribution is -0.143. The van der Waals surface area contributed by atoms with Crippen LogP contribution in [0.3, 0.4) is 0 Å². The van der Waals surface area contributed by atoms with Crippen LogP contribution in [-0.4, -0.2) is 28.7 Å². The van der Waals surface area contributed by atoms with Crippen LogP contribution in [0.2, 0.25) is 0 Å². The smallest absolute Gasteiger partial charge is 0.332 e. The summed E-state index contributed by atoms with van der Waals surface area (Å²) in [5.41, 5.74) is -4.11. The molecular formula is C22H19F6NO2. The van der Waals surface area contributed by atoms with Gasteiger partial charge in [0.05, 0.1) is 16.7 Å². The number of carbonyl (C=O) groups is 2. The fourth-order valence-electron chi connectivity index (χ4n) is 3.89. The maximum Gasteiger partial charge on any atom is 0.416 e. The molecule has 2 aromatic carbocycles. The fourth-order valence-corrected chi connectivity index (χ4v) is 3.89. The first-order valence-electron chi connectivity index (χ1n) is 9.47. The van der Waals surface area contributed by atoms with Crippen molar-refractivity contribution in [3.8, 4) is 0 Å².